The molecule has 0 saturated heterocycles. The van der Waals surface area contributed by atoms with Crippen LogP contribution in [0.4, 0.5) is 0 Å². The Labute approximate surface area is 95.2 Å². The van der Waals surface area contributed by atoms with Gasteiger partial charge < -0.3 is 4.74 Å². The molecule has 0 aliphatic rings. The van der Waals surface area contributed by atoms with Crippen LogP contribution in [0.25, 0.3) is 0 Å². The maximum atomic E-state index is 11.5. The number of hydrogen-bond acceptors (Lipinski definition) is 3. The van der Waals surface area contributed by atoms with Crippen molar-refractivity contribution in [1.29, 1.82) is 0 Å². The average molecular weight is 245 g/mol. The average Bonchev–Trinajstić information content (AvgIpc) is 2.26. The van der Waals surface area contributed by atoms with Crippen LogP contribution in [-0.4, -0.2) is 17.3 Å². The van der Waals surface area contributed by atoms with Crippen molar-refractivity contribution >= 4 is 28.4 Å². The van der Waals surface area contributed by atoms with Gasteiger partial charge in [-0.05, 0) is 24.3 Å². The van der Waals surface area contributed by atoms with E-state index in [1.54, 1.807) is 24.3 Å². The normalized spacial score (nSPS) is 12.7. The Kier molecular flexibility index (Phi) is 4.52. The summed E-state index contributed by atoms with van der Waals surface area (Å²) in [6, 6.07) is 6.56. The van der Waals surface area contributed by atoms with Gasteiger partial charge in [-0.15, -0.1) is 0 Å². The molecule has 80 valence electrons. The van der Waals surface area contributed by atoms with Gasteiger partial charge in [0.25, 0.3) is 0 Å². The number of hydrogen-bond donors (Lipinski definition) is 0. The van der Waals surface area contributed by atoms with Crippen LogP contribution < -0.4 is 0 Å². The van der Waals surface area contributed by atoms with Crippen LogP contribution in [0.15, 0.2) is 40.6 Å². The quantitative estimate of drug-likeness (QED) is 0.604. The van der Waals surface area contributed by atoms with Gasteiger partial charge >= 0.3 is 5.97 Å². The van der Waals surface area contributed by atoms with Crippen molar-refractivity contribution in [2.24, 2.45) is 0 Å². The molecule has 1 atom stereocenters. The van der Waals surface area contributed by atoms with E-state index >= 15 is 0 Å². The van der Waals surface area contributed by atoms with E-state index in [1.165, 1.54) is 12.5 Å². The minimum atomic E-state index is -1.35. The van der Waals surface area contributed by atoms with Crippen molar-refractivity contribution < 1.29 is 13.7 Å². The number of rotatable bonds is 3. The smallest absolute Gasteiger partial charge is 0.331 e. The summed E-state index contributed by atoms with van der Waals surface area (Å²) < 4.78 is 15.9. The SMILES string of the molecule is COC(=O)/C=C/S(=O)c1ccc(Cl)cc1. The minimum Gasteiger partial charge on any atom is -0.466 e. The molecule has 1 rings (SSSR count). The van der Waals surface area contributed by atoms with Crippen LogP contribution in [-0.2, 0) is 20.3 Å². The fraction of sp³-hybridized carbons (Fsp3) is 0.100. The van der Waals surface area contributed by atoms with Gasteiger partial charge in [0.1, 0.15) is 0 Å². The summed E-state index contributed by atoms with van der Waals surface area (Å²) in [5, 5.41) is 1.85. The molecule has 0 fully saturated rings. The summed E-state index contributed by atoms with van der Waals surface area (Å²) >= 11 is 5.68. The number of esters is 1. The lowest BCUT2D eigenvalue weighted by Crippen LogP contribution is -1.95. The van der Waals surface area contributed by atoms with E-state index in [4.69, 9.17) is 11.6 Å². The van der Waals surface area contributed by atoms with Crippen molar-refractivity contribution in [2.45, 2.75) is 4.90 Å². The molecule has 3 nitrogen and oxygen atoms in total. The van der Waals surface area contributed by atoms with Crippen molar-refractivity contribution in [1.82, 2.24) is 0 Å². The number of ether oxygens (including phenoxy) is 1. The number of carbonyl (C=O) groups is 1. The predicted molar refractivity (Wildman–Crippen MR) is 59.0 cm³/mol. The lowest BCUT2D eigenvalue weighted by Gasteiger charge is -1.96. The van der Waals surface area contributed by atoms with Crippen LogP contribution >= 0.6 is 11.6 Å². The first-order chi connectivity index (χ1) is 7.13. The number of benzene rings is 1. The molecule has 0 amide bonds. The van der Waals surface area contributed by atoms with E-state index in [0.29, 0.717) is 9.92 Å². The van der Waals surface area contributed by atoms with E-state index < -0.39 is 16.8 Å². The van der Waals surface area contributed by atoms with Crippen LogP contribution in [0.3, 0.4) is 0 Å². The summed E-state index contributed by atoms with van der Waals surface area (Å²) in [6.07, 6.45) is 1.13. The standard InChI is InChI=1S/C10H9ClO3S/c1-14-10(12)6-7-15(13)9-4-2-8(11)3-5-9/h2-7H,1H3/b7-6+. The third-order valence-corrected chi connectivity index (χ3v) is 2.95. The molecule has 1 aromatic carbocycles. The van der Waals surface area contributed by atoms with Crippen LogP contribution in [0.1, 0.15) is 0 Å². The maximum absolute atomic E-state index is 11.5. The first-order valence-corrected chi connectivity index (χ1v) is 5.65. The van der Waals surface area contributed by atoms with Crippen LogP contribution in [0, 0.1) is 0 Å². The fourth-order valence-electron chi connectivity index (χ4n) is 0.833. The molecule has 0 heterocycles. The Morgan fingerprint density at radius 1 is 1.40 bits per heavy atom. The number of carbonyl (C=O) groups excluding carboxylic acids is 1. The summed E-state index contributed by atoms with van der Waals surface area (Å²) in [7, 11) is -0.0921. The zero-order valence-electron chi connectivity index (χ0n) is 7.98. The third kappa shape index (κ3) is 3.85. The lowest BCUT2D eigenvalue weighted by molar-refractivity contribution is -0.134. The van der Waals surface area contributed by atoms with E-state index in [0.717, 1.165) is 6.08 Å². The fourth-order valence-corrected chi connectivity index (χ4v) is 1.75. The summed E-state index contributed by atoms with van der Waals surface area (Å²) in [6.45, 7) is 0. The van der Waals surface area contributed by atoms with E-state index in [9.17, 15) is 9.00 Å². The maximum Gasteiger partial charge on any atom is 0.331 e. The van der Waals surface area contributed by atoms with Crippen molar-refractivity contribution in [3.63, 3.8) is 0 Å². The first kappa shape index (κ1) is 11.9. The van der Waals surface area contributed by atoms with Crippen LogP contribution in [0.2, 0.25) is 5.02 Å². The van der Waals surface area contributed by atoms with Gasteiger partial charge in [0.2, 0.25) is 0 Å². The monoisotopic (exact) mass is 244 g/mol. The van der Waals surface area contributed by atoms with Crippen molar-refractivity contribution in [3.8, 4) is 0 Å². The highest BCUT2D eigenvalue weighted by Crippen LogP contribution is 2.13. The lowest BCUT2D eigenvalue weighted by atomic mass is 10.4. The van der Waals surface area contributed by atoms with Gasteiger partial charge in [-0.1, -0.05) is 11.6 Å². The molecule has 0 bridgehead atoms. The number of methoxy groups -OCH3 is 1. The van der Waals surface area contributed by atoms with Crippen LogP contribution in [0.5, 0.6) is 0 Å². The van der Waals surface area contributed by atoms with Gasteiger partial charge in [0.15, 0.2) is 0 Å². The highest BCUT2D eigenvalue weighted by Gasteiger charge is 2.00. The highest BCUT2D eigenvalue weighted by molar-refractivity contribution is 7.88. The molecule has 0 radical (unpaired) electrons. The van der Waals surface area contributed by atoms with Gasteiger partial charge in [0.05, 0.1) is 17.9 Å². The summed E-state index contributed by atoms with van der Waals surface area (Å²) in [4.78, 5) is 11.3. The summed E-state index contributed by atoms with van der Waals surface area (Å²) in [5.74, 6) is -0.530. The van der Waals surface area contributed by atoms with E-state index in [2.05, 4.69) is 4.74 Å². The van der Waals surface area contributed by atoms with Gasteiger partial charge in [-0.3, -0.25) is 0 Å². The topological polar surface area (TPSA) is 43.4 Å². The van der Waals surface area contributed by atoms with Gasteiger partial charge in [0, 0.05) is 21.4 Å². The van der Waals surface area contributed by atoms with Crippen molar-refractivity contribution in [2.75, 3.05) is 7.11 Å². The second-order valence-electron chi connectivity index (χ2n) is 2.58. The Hall–Kier alpha value is -1.13. The molecule has 0 aliphatic carbocycles. The Morgan fingerprint density at radius 3 is 2.53 bits per heavy atom. The van der Waals surface area contributed by atoms with Crippen molar-refractivity contribution in [3.05, 3.63) is 40.8 Å². The molecular weight excluding hydrogens is 236 g/mol. The minimum absolute atomic E-state index is 0.530. The van der Waals surface area contributed by atoms with Gasteiger partial charge in [-0.25, -0.2) is 9.00 Å². The summed E-state index contributed by atoms with van der Waals surface area (Å²) in [5.41, 5.74) is 0. The van der Waals surface area contributed by atoms with E-state index in [-0.39, 0.29) is 0 Å². The zero-order valence-corrected chi connectivity index (χ0v) is 9.55. The molecule has 5 heteroatoms. The second-order valence-corrected chi connectivity index (χ2v) is 4.35. The first-order valence-electron chi connectivity index (χ1n) is 4.06. The molecule has 0 saturated carbocycles. The Morgan fingerprint density at radius 2 is 2.00 bits per heavy atom. The second kappa shape index (κ2) is 5.68. The molecule has 1 aromatic rings. The molecule has 15 heavy (non-hydrogen) atoms. The van der Waals surface area contributed by atoms with E-state index in [1.807, 2.05) is 0 Å². The molecule has 1 unspecified atom stereocenters. The Bertz CT molecular complexity index is 398. The zero-order chi connectivity index (χ0) is 11.3. The molecule has 0 spiro atoms. The third-order valence-electron chi connectivity index (χ3n) is 1.57. The molecule has 0 aliphatic heterocycles. The molecule has 0 aromatic heterocycles. The molecular formula is C10H9ClO3S. The molecule has 0 N–H and O–H groups in total. The largest absolute Gasteiger partial charge is 0.466 e. The number of halogens is 1. The Balaban J connectivity index is 2.73. The van der Waals surface area contributed by atoms with Gasteiger partial charge in [-0.2, -0.15) is 0 Å². The predicted octanol–water partition coefficient (Wildman–Crippen LogP) is 2.13. The highest BCUT2D eigenvalue weighted by atomic mass is 35.5.